The molecule has 0 radical (unpaired) electrons. The molecule has 1 atom stereocenters. The Kier molecular flexibility index (Phi) is 7.00. The standard InChI is InChI=1S/C25H24N2O5/c1-15-5-3-4-6-20(15)21(14-22(27-32)19-11-12-26-16(2)13-19)17-7-9-18(10-8-17)23(24(28)29)25(30)31/h3-13,21,23,32H,14H2,1-2H3,(H,28,29)(H,30,31)/b27-22-. The molecule has 0 saturated carbocycles. The highest BCUT2D eigenvalue weighted by Gasteiger charge is 2.28. The zero-order chi connectivity index (χ0) is 23.3. The predicted molar refractivity (Wildman–Crippen MR) is 119 cm³/mol. The molecule has 0 saturated heterocycles. The van der Waals surface area contributed by atoms with Gasteiger partial charge in [-0.2, -0.15) is 0 Å². The first-order valence-electron chi connectivity index (χ1n) is 10.1. The van der Waals surface area contributed by atoms with E-state index in [0.717, 1.165) is 27.9 Å². The third-order valence-electron chi connectivity index (χ3n) is 5.48. The number of oxime groups is 1. The van der Waals surface area contributed by atoms with E-state index in [9.17, 15) is 25.0 Å². The number of nitrogens with zero attached hydrogens (tertiary/aromatic N) is 2. The van der Waals surface area contributed by atoms with E-state index in [4.69, 9.17) is 0 Å². The second-order valence-corrected chi connectivity index (χ2v) is 7.62. The topological polar surface area (TPSA) is 120 Å². The van der Waals surface area contributed by atoms with Crippen LogP contribution in [0.5, 0.6) is 0 Å². The summed E-state index contributed by atoms with van der Waals surface area (Å²) in [5.74, 6) is -4.65. The van der Waals surface area contributed by atoms with Crippen LogP contribution in [0, 0.1) is 13.8 Å². The highest BCUT2D eigenvalue weighted by Crippen LogP contribution is 2.33. The minimum atomic E-state index is -1.63. The Morgan fingerprint density at radius 3 is 2.12 bits per heavy atom. The lowest BCUT2D eigenvalue weighted by molar-refractivity contribution is -0.150. The maximum Gasteiger partial charge on any atom is 0.322 e. The summed E-state index contributed by atoms with van der Waals surface area (Å²) in [6, 6.07) is 18.0. The van der Waals surface area contributed by atoms with Gasteiger partial charge in [-0.1, -0.05) is 53.7 Å². The van der Waals surface area contributed by atoms with E-state index in [0.29, 0.717) is 12.1 Å². The number of aliphatic carboxylic acids is 2. The zero-order valence-electron chi connectivity index (χ0n) is 17.8. The van der Waals surface area contributed by atoms with E-state index in [2.05, 4.69) is 10.1 Å². The molecule has 0 aliphatic rings. The number of aromatic nitrogens is 1. The van der Waals surface area contributed by atoms with Gasteiger partial charge in [0.05, 0.1) is 5.71 Å². The van der Waals surface area contributed by atoms with Gasteiger partial charge in [0.2, 0.25) is 0 Å². The number of pyridine rings is 1. The summed E-state index contributed by atoms with van der Waals surface area (Å²) in [6.07, 6.45) is 2.04. The summed E-state index contributed by atoms with van der Waals surface area (Å²) < 4.78 is 0. The van der Waals surface area contributed by atoms with Crippen molar-refractivity contribution in [3.8, 4) is 0 Å². The maximum absolute atomic E-state index is 11.4. The predicted octanol–water partition coefficient (Wildman–Crippen LogP) is 4.35. The van der Waals surface area contributed by atoms with Crippen molar-refractivity contribution in [2.75, 3.05) is 0 Å². The van der Waals surface area contributed by atoms with E-state index in [-0.39, 0.29) is 11.5 Å². The molecule has 0 aliphatic heterocycles. The SMILES string of the molecule is Cc1cc(/C(CC(c2ccc(C(C(=O)O)C(=O)O)cc2)c2ccccc2C)=N\O)ccn1. The molecule has 2 aromatic carbocycles. The summed E-state index contributed by atoms with van der Waals surface area (Å²) >= 11 is 0. The van der Waals surface area contributed by atoms with Gasteiger partial charge in [0, 0.05) is 29.8 Å². The number of hydrogen-bond acceptors (Lipinski definition) is 5. The van der Waals surface area contributed by atoms with Gasteiger partial charge >= 0.3 is 11.9 Å². The average Bonchev–Trinajstić information content (AvgIpc) is 2.75. The summed E-state index contributed by atoms with van der Waals surface area (Å²) in [5, 5.41) is 31.8. The molecule has 7 nitrogen and oxygen atoms in total. The van der Waals surface area contributed by atoms with Gasteiger partial charge in [0.25, 0.3) is 0 Å². The fourth-order valence-electron chi connectivity index (χ4n) is 3.83. The Bertz CT molecular complexity index is 1140. The second-order valence-electron chi connectivity index (χ2n) is 7.62. The van der Waals surface area contributed by atoms with Crippen LogP contribution in [0.15, 0.2) is 72.0 Å². The molecule has 3 aromatic rings. The maximum atomic E-state index is 11.4. The van der Waals surface area contributed by atoms with Crippen LogP contribution in [0.25, 0.3) is 0 Å². The number of benzene rings is 2. The Morgan fingerprint density at radius 1 is 0.938 bits per heavy atom. The van der Waals surface area contributed by atoms with Gasteiger partial charge in [-0.15, -0.1) is 0 Å². The lowest BCUT2D eigenvalue weighted by Gasteiger charge is -2.21. The van der Waals surface area contributed by atoms with Gasteiger partial charge in [0.15, 0.2) is 5.92 Å². The van der Waals surface area contributed by atoms with E-state index < -0.39 is 17.9 Å². The van der Waals surface area contributed by atoms with Gasteiger partial charge in [-0.05, 0) is 48.2 Å². The summed E-state index contributed by atoms with van der Waals surface area (Å²) in [5.41, 5.74) is 5.17. The van der Waals surface area contributed by atoms with E-state index in [1.807, 2.05) is 44.2 Å². The Labute approximate surface area is 185 Å². The largest absolute Gasteiger partial charge is 0.480 e. The van der Waals surface area contributed by atoms with Gasteiger partial charge in [-0.25, -0.2) is 0 Å². The van der Waals surface area contributed by atoms with Crippen molar-refractivity contribution in [2.45, 2.75) is 32.1 Å². The molecule has 1 unspecified atom stereocenters. The van der Waals surface area contributed by atoms with Crippen LogP contribution in [0.2, 0.25) is 0 Å². The van der Waals surface area contributed by atoms with E-state index >= 15 is 0 Å². The lowest BCUT2D eigenvalue weighted by Crippen LogP contribution is -2.21. The number of carboxylic acid groups (broad SMARTS) is 2. The van der Waals surface area contributed by atoms with Crippen molar-refractivity contribution in [3.63, 3.8) is 0 Å². The number of carbonyl (C=O) groups is 2. The average molecular weight is 432 g/mol. The molecular formula is C25H24N2O5. The van der Waals surface area contributed by atoms with Crippen LogP contribution in [0.1, 0.15) is 51.8 Å². The van der Waals surface area contributed by atoms with Crippen molar-refractivity contribution in [1.29, 1.82) is 0 Å². The third-order valence-corrected chi connectivity index (χ3v) is 5.48. The molecule has 1 heterocycles. The summed E-state index contributed by atoms with van der Waals surface area (Å²) in [6.45, 7) is 3.85. The van der Waals surface area contributed by atoms with Gasteiger partial charge in [-0.3, -0.25) is 14.6 Å². The number of hydrogen-bond donors (Lipinski definition) is 3. The first-order valence-corrected chi connectivity index (χ1v) is 10.1. The molecule has 164 valence electrons. The van der Waals surface area contributed by atoms with Crippen LogP contribution in [0.3, 0.4) is 0 Å². The van der Waals surface area contributed by atoms with Crippen molar-refractivity contribution in [3.05, 3.63) is 100 Å². The Balaban J connectivity index is 2.03. The summed E-state index contributed by atoms with van der Waals surface area (Å²) in [7, 11) is 0. The van der Waals surface area contributed by atoms with Crippen molar-refractivity contribution in [1.82, 2.24) is 4.98 Å². The van der Waals surface area contributed by atoms with Crippen LogP contribution in [-0.4, -0.2) is 38.1 Å². The molecule has 7 heteroatoms. The fourth-order valence-corrected chi connectivity index (χ4v) is 3.83. The first-order chi connectivity index (χ1) is 15.3. The van der Waals surface area contributed by atoms with Crippen molar-refractivity contribution in [2.24, 2.45) is 5.16 Å². The number of aryl methyl sites for hydroxylation is 2. The lowest BCUT2D eigenvalue weighted by atomic mass is 9.82. The smallest absolute Gasteiger partial charge is 0.322 e. The number of rotatable bonds is 8. The minimum Gasteiger partial charge on any atom is -0.480 e. The molecule has 0 amide bonds. The van der Waals surface area contributed by atoms with Crippen molar-refractivity contribution >= 4 is 17.7 Å². The third kappa shape index (κ3) is 5.00. The van der Waals surface area contributed by atoms with E-state index in [1.54, 1.807) is 24.4 Å². The zero-order valence-corrected chi connectivity index (χ0v) is 17.8. The first kappa shape index (κ1) is 22.7. The molecule has 3 rings (SSSR count). The molecule has 0 bridgehead atoms. The van der Waals surface area contributed by atoms with Gasteiger partial charge < -0.3 is 15.4 Å². The molecule has 0 aliphatic carbocycles. The number of carboxylic acids is 2. The van der Waals surface area contributed by atoms with Crippen molar-refractivity contribution < 1.29 is 25.0 Å². The molecular weight excluding hydrogens is 408 g/mol. The van der Waals surface area contributed by atoms with Crippen LogP contribution < -0.4 is 0 Å². The normalized spacial score (nSPS) is 12.5. The Hall–Kier alpha value is -4.00. The quantitative estimate of drug-likeness (QED) is 0.211. The van der Waals surface area contributed by atoms with Crippen LogP contribution >= 0.6 is 0 Å². The Morgan fingerprint density at radius 2 is 1.56 bits per heavy atom. The monoisotopic (exact) mass is 432 g/mol. The molecule has 3 N–H and O–H groups in total. The molecule has 1 aromatic heterocycles. The van der Waals surface area contributed by atoms with Crippen LogP contribution in [0.4, 0.5) is 0 Å². The molecule has 32 heavy (non-hydrogen) atoms. The fraction of sp³-hybridized carbons (Fsp3) is 0.200. The molecule has 0 spiro atoms. The highest BCUT2D eigenvalue weighted by atomic mass is 16.4. The minimum absolute atomic E-state index is 0.193. The van der Waals surface area contributed by atoms with Crippen LogP contribution in [-0.2, 0) is 9.59 Å². The second kappa shape index (κ2) is 9.87. The van der Waals surface area contributed by atoms with E-state index in [1.165, 1.54) is 12.1 Å². The highest BCUT2D eigenvalue weighted by molar-refractivity contribution is 6.01. The molecule has 0 fully saturated rings. The van der Waals surface area contributed by atoms with Gasteiger partial charge in [0.1, 0.15) is 0 Å². The summed E-state index contributed by atoms with van der Waals surface area (Å²) in [4.78, 5) is 26.9.